The van der Waals surface area contributed by atoms with Crippen molar-refractivity contribution in [3.63, 3.8) is 0 Å². The first-order valence-corrected chi connectivity index (χ1v) is 5.94. The van der Waals surface area contributed by atoms with E-state index in [4.69, 9.17) is 0 Å². The van der Waals surface area contributed by atoms with Crippen LogP contribution in [0.15, 0.2) is 54.2 Å². The van der Waals surface area contributed by atoms with Crippen LogP contribution in [0.4, 0.5) is 11.4 Å². The number of hydrogen-bond donors (Lipinski definition) is 1. The van der Waals surface area contributed by atoms with Crippen molar-refractivity contribution in [1.82, 2.24) is 4.98 Å². The molecule has 0 saturated carbocycles. The molecular weight excluding hydrogens is 216 g/mol. The van der Waals surface area contributed by atoms with Crippen LogP contribution in [-0.4, -0.2) is 4.98 Å². The minimum absolute atomic E-state index is 1.01. The molecule has 3 aromatic rings. The first-order valence-electron chi connectivity index (χ1n) is 5.06. The van der Waals surface area contributed by atoms with Crippen molar-refractivity contribution < 1.29 is 0 Å². The third-order valence-electron chi connectivity index (χ3n) is 2.40. The molecule has 0 saturated heterocycles. The fraction of sp³-hybridized carbons (Fsp3) is 0. The molecule has 0 aliphatic heterocycles. The number of anilines is 2. The van der Waals surface area contributed by atoms with Gasteiger partial charge < -0.3 is 5.32 Å². The summed E-state index contributed by atoms with van der Waals surface area (Å²) in [7, 11) is 0. The van der Waals surface area contributed by atoms with E-state index >= 15 is 0 Å². The molecular formula is C13H10N2S. The Hall–Kier alpha value is -1.87. The van der Waals surface area contributed by atoms with Crippen LogP contribution in [0.5, 0.6) is 0 Å². The Labute approximate surface area is 97.6 Å². The number of benzene rings is 1. The summed E-state index contributed by atoms with van der Waals surface area (Å²) in [6, 6.07) is 12.4. The van der Waals surface area contributed by atoms with Gasteiger partial charge in [-0.25, -0.2) is 0 Å². The van der Waals surface area contributed by atoms with E-state index < -0.39 is 0 Å². The SMILES string of the molecule is c1cncc(Nc2ccc3sccc3c2)c1. The molecule has 16 heavy (non-hydrogen) atoms. The Morgan fingerprint density at radius 2 is 2.06 bits per heavy atom. The number of thiophene rings is 1. The van der Waals surface area contributed by atoms with E-state index in [0.717, 1.165) is 11.4 Å². The van der Waals surface area contributed by atoms with Crippen LogP contribution in [0.2, 0.25) is 0 Å². The molecule has 0 amide bonds. The smallest absolute Gasteiger partial charge is 0.0570 e. The largest absolute Gasteiger partial charge is 0.354 e. The maximum absolute atomic E-state index is 4.07. The van der Waals surface area contributed by atoms with Crippen molar-refractivity contribution in [3.05, 3.63) is 54.2 Å². The number of nitrogens with zero attached hydrogens (tertiary/aromatic N) is 1. The van der Waals surface area contributed by atoms with Gasteiger partial charge in [0.05, 0.1) is 11.9 Å². The lowest BCUT2D eigenvalue weighted by Gasteiger charge is -2.05. The Balaban J connectivity index is 1.94. The highest BCUT2D eigenvalue weighted by Crippen LogP contribution is 2.25. The molecule has 2 aromatic heterocycles. The summed E-state index contributed by atoms with van der Waals surface area (Å²) in [6.07, 6.45) is 3.59. The molecule has 1 aromatic carbocycles. The summed E-state index contributed by atoms with van der Waals surface area (Å²) in [5, 5.41) is 6.71. The molecule has 0 aliphatic carbocycles. The average molecular weight is 226 g/mol. The molecule has 0 fully saturated rings. The van der Waals surface area contributed by atoms with Crippen molar-refractivity contribution in [1.29, 1.82) is 0 Å². The summed E-state index contributed by atoms with van der Waals surface area (Å²) < 4.78 is 1.32. The van der Waals surface area contributed by atoms with Crippen LogP contribution in [0, 0.1) is 0 Å². The molecule has 0 spiro atoms. The van der Waals surface area contributed by atoms with E-state index in [9.17, 15) is 0 Å². The standard InChI is InChI=1S/C13H10N2S/c1-2-12(9-14-6-1)15-11-3-4-13-10(8-11)5-7-16-13/h1-9,15H. The average Bonchev–Trinajstić information content (AvgIpc) is 2.77. The molecule has 2 heterocycles. The van der Waals surface area contributed by atoms with Crippen molar-refractivity contribution in [3.8, 4) is 0 Å². The lowest BCUT2D eigenvalue weighted by atomic mass is 10.2. The van der Waals surface area contributed by atoms with E-state index in [1.54, 1.807) is 17.5 Å². The second-order valence-electron chi connectivity index (χ2n) is 3.54. The fourth-order valence-electron chi connectivity index (χ4n) is 1.65. The Morgan fingerprint density at radius 3 is 2.94 bits per heavy atom. The van der Waals surface area contributed by atoms with Gasteiger partial charge in [0.1, 0.15) is 0 Å². The molecule has 2 nitrogen and oxygen atoms in total. The van der Waals surface area contributed by atoms with Gasteiger partial charge in [-0.05, 0) is 47.2 Å². The highest BCUT2D eigenvalue weighted by atomic mass is 32.1. The van der Waals surface area contributed by atoms with Gasteiger partial charge in [-0.3, -0.25) is 4.98 Å². The van der Waals surface area contributed by atoms with Gasteiger partial charge in [0.25, 0.3) is 0 Å². The predicted octanol–water partition coefficient (Wildman–Crippen LogP) is 4.04. The van der Waals surface area contributed by atoms with Gasteiger partial charge in [0.2, 0.25) is 0 Å². The first-order chi connectivity index (χ1) is 7.92. The number of rotatable bonds is 2. The van der Waals surface area contributed by atoms with Crippen molar-refractivity contribution in [2.24, 2.45) is 0 Å². The van der Waals surface area contributed by atoms with Gasteiger partial charge in [0, 0.05) is 16.6 Å². The van der Waals surface area contributed by atoms with E-state index in [-0.39, 0.29) is 0 Å². The Morgan fingerprint density at radius 1 is 1.06 bits per heavy atom. The lowest BCUT2D eigenvalue weighted by Crippen LogP contribution is -1.89. The monoisotopic (exact) mass is 226 g/mol. The van der Waals surface area contributed by atoms with Gasteiger partial charge in [0.15, 0.2) is 0 Å². The number of pyridine rings is 1. The van der Waals surface area contributed by atoms with E-state index in [1.807, 2.05) is 18.3 Å². The summed E-state index contributed by atoms with van der Waals surface area (Å²) >= 11 is 1.76. The van der Waals surface area contributed by atoms with Gasteiger partial charge in [-0.15, -0.1) is 11.3 Å². The van der Waals surface area contributed by atoms with Crippen LogP contribution in [0.3, 0.4) is 0 Å². The molecule has 0 atom stereocenters. The second-order valence-corrected chi connectivity index (χ2v) is 4.49. The molecule has 78 valence electrons. The topological polar surface area (TPSA) is 24.9 Å². The predicted molar refractivity (Wildman–Crippen MR) is 69.3 cm³/mol. The van der Waals surface area contributed by atoms with Crippen molar-refractivity contribution >= 4 is 32.8 Å². The molecule has 0 radical (unpaired) electrons. The van der Waals surface area contributed by atoms with Gasteiger partial charge >= 0.3 is 0 Å². The third-order valence-corrected chi connectivity index (χ3v) is 3.30. The highest BCUT2D eigenvalue weighted by Gasteiger charge is 1.97. The number of nitrogens with one attached hydrogen (secondary N) is 1. The molecule has 0 aliphatic rings. The fourth-order valence-corrected chi connectivity index (χ4v) is 2.42. The number of hydrogen-bond acceptors (Lipinski definition) is 3. The van der Waals surface area contributed by atoms with Gasteiger partial charge in [-0.2, -0.15) is 0 Å². The summed E-state index contributed by atoms with van der Waals surface area (Å²) in [4.78, 5) is 4.07. The number of fused-ring (bicyclic) bond motifs is 1. The van der Waals surface area contributed by atoms with Crippen molar-refractivity contribution in [2.75, 3.05) is 5.32 Å². The summed E-state index contributed by atoms with van der Waals surface area (Å²) in [6.45, 7) is 0. The zero-order chi connectivity index (χ0) is 10.8. The lowest BCUT2D eigenvalue weighted by molar-refractivity contribution is 1.32. The molecule has 0 bridgehead atoms. The van der Waals surface area contributed by atoms with Crippen molar-refractivity contribution in [2.45, 2.75) is 0 Å². The van der Waals surface area contributed by atoms with E-state index in [2.05, 4.69) is 39.9 Å². The second kappa shape index (κ2) is 3.94. The minimum atomic E-state index is 1.01. The highest BCUT2D eigenvalue weighted by molar-refractivity contribution is 7.17. The van der Waals surface area contributed by atoms with Crippen LogP contribution < -0.4 is 5.32 Å². The van der Waals surface area contributed by atoms with Crippen LogP contribution in [-0.2, 0) is 0 Å². The molecule has 3 heteroatoms. The maximum atomic E-state index is 4.07. The minimum Gasteiger partial charge on any atom is -0.354 e. The summed E-state index contributed by atoms with van der Waals surface area (Å²) in [5.41, 5.74) is 2.11. The molecule has 1 N–H and O–H groups in total. The zero-order valence-corrected chi connectivity index (χ0v) is 9.37. The quantitative estimate of drug-likeness (QED) is 0.713. The van der Waals surface area contributed by atoms with E-state index in [0.29, 0.717) is 0 Å². The zero-order valence-electron chi connectivity index (χ0n) is 8.55. The van der Waals surface area contributed by atoms with Crippen LogP contribution in [0.1, 0.15) is 0 Å². The van der Waals surface area contributed by atoms with Gasteiger partial charge in [-0.1, -0.05) is 0 Å². The van der Waals surface area contributed by atoms with Crippen LogP contribution >= 0.6 is 11.3 Å². The Kier molecular flexibility index (Phi) is 2.31. The number of aromatic nitrogens is 1. The first kappa shape index (κ1) is 9.36. The van der Waals surface area contributed by atoms with E-state index in [1.165, 1.54) is 10.1 Å². The Bertz CT molecular complexity index is 601. The molecule has 3 rings (SSSR count). The normalized spacial score (nSPS) is 10.5. The van der Waals surface area contributed by atoms with Crippen LogP contribution in [0.25, 0.3) is 10.1 Å². The summed E-state index contributed by atoms with van der Waals surface area (Å²) in [5.74, 6) is 0. The third kappa shape index (κ3) is 1.77. The maximum Gasteiger partial charge on any atom is 0.0570 e. The molecule has 0 unspecified atom stereocenters.